The third-order valence-corrected chi connectivity index (χ3v) is 5.29. The van der Waals surface area contributed by atoms with E-state index in [1.165, 1.54) is 11.9 Å². The zero-order chi connectivity index (χ0) is 25.3. The van der Waals surface area contributed by atoms with Crippen LogP contribution in [0.4, 0.5) is 17.6 Å². The number of nitrogens with one attached hydrogen (secondary N) is 3. The summed E-state index contributed by atoms with van der Waals surface area (Å²) in [4.78, 5) is 12.9. The van der Waals surface area contributed by atoms with Crippen molar-refractivity contribution in [2.45, 2.75) is 6.54 Å². The van der Waals surface area contributed by atoms with E-state index in [1.54, 1.807) is 39.5 Å². The van der Waals surface area contributed by atoms with Gasteiger partial charge in [0.15, 0.2) is 11.5 Å². The normalized spacial score (nSPS) is 13.8. The number of anilines is 3. The van der Waals surface area contributed by atoms with Crippen LogP contribution in [0.15, 0.2) is 84.5 Å². The van der Waals surface area contributed by atoms with Crippen LogP contribution in [0.2, 0.25) is 0 Å². The van der Waals surface area contributed by atoms with Crippen LogP contribution in [0.3, 0.4) is 0 Å². The van der Waals surface area contributed by atoms with Gasteiger partial charge >= 0.3 is 0 Å². The van der Waals surface area contributed by atoms with Gasteiger partial charge in [0.1, 0.15) is 19.1 Å². The van der Waals surface area contributed by atoms with Crippen LogP contribution in [0, 0.1) is 5.41 Å². The molecule has 0 atom stereocenters. The predicted molar refractivity (Wildman–Crippen MR) is 138 cm³/mol. The summed E-state index contributed by atoms with van der Waals surface area (Å²) in [6, 6.07) is 13.7. The van der Waals surface area contributed by atoms with Gasteiger partial charge in [0.05, 0.1) is 32.6 Å². The van der Waals surface area contributed by atoms with Crippen molar-refractivity contribution < 1.29 is 19.5 Å². The molecule has 10 nitrogen and oxygen atoms in total. The van der Waals surface area contributed by atoms with Crippen molar-refractivity contribution in [3.63, 3.8) is 0 Å². The van der Waals surface area contributed by atoms with Gasteiger partial charge in [-0.05, 0) is 18.2 Å². The maximum Gasteiger partial charge on any atom is 0.232 e. The van der Waals surface area contributed by atoms with Crippen molar-refractivity contribution in [3.8, 4) is 17.2 Å². The maximum atomic E-state index is 8.23. The first-order valence-corrected chi connectivity index (χ1v) is 11.2. The molecule has 184 valence electrons. The number of rotatable bonds is 10. The Kier molecular flexibility index (Phi) is 7.89. The summed E-state index contributed by atoms with van der Waals surface area (Å²) in [5.41, 5.74) is 3.86. The zero-order valence-corrected chi connectivity index (χ0v) is 20.3. The minimum Gasteiger partial charge on any atom is -0.493 e. The molecule has 0 bridgehead atoms. The van der Waals surface area contributed by atoms with Crippen molar-refractivity contribution in [2.75, 3.05) is 32.0 Å². The van der Waals surface area contributed by atoms with Crippen molar-refractivity contribution in [3.05, 3.63) is 90.1 Å². The van der Waals surface area contributed by atoms with Gasteiger partial charge in [-0.25, -0.2) is 9.97 Å². The van der Waals surface area contributed by atoms with Gasteiger partial charge < -0.3 is 35.6 Å². The van der Waals surface area contributed by atoms with Gasteiger partial charge in [0.25, 0.3) is 0 Å². The van der Waals surface area contributed by atoms with Crippen LogP contribution in [0.5, 0.6) is 17.2 Å². The first-order chi connectivity index (χ1) is 17.6. The molecule has 0 saturated carbocycles. The summed E-state index contributed by atoms with van der Waals surface area (Å²) in [6.07, 6.45) is 8.80. The molecule has 2 aromatic carbocycles. The molecule has 1 aliphatic rings. The maximum absolute atomic E-state index is 8.23. The SMILES string of the molecule is COc1cc(Nc2ncnc(NC3=C/C(=C/[NH2+]Cc4ccccc4)C(=N)C=C3)n2)cc(OC)c1OC. The Balaban J connectivity index is 1.46. The summed E-state index contributed by atoms with van der Waals surface area (Å²) < 4.78 is 16.2. The van der Waals surface area contributed by atoms with Gasteiger partial charge in [-0.2, -0.15) is 4.98 Å². The van der Waals surface area contributed by atoms with Crippen molar-refractivity contribution in [2.24, 2.45) is 0 Å². The number of hydrogen-bond acceptors (Lipinski definition) is 9. The van der Waals surface area contributed by atoms with E-state index in [4.69, 9.17) is 19.6 Å². The van der Waals surface area contributed by atoms with Crippen LogP contribution in [-0.4, -0.2) is 42.0 Å². The molecule has 0 spiro atoms. The highest BCUT2D eigenvalue weighted by atomic mass is 16.5. The van der Waals surface area contributed by atoms with Crippen molar-refractivity contribution in [1.29, 1.82) is 5.41 Å². The van der Waals surface area contributed by atoms with Crippen LogP contribution in [0.25, 0.3) is 0 Å². The van der Waals surface area contributed by atoms with E-state index in [0.717, 1.165) is 17.8 Å². The molecular formula is C26H28N7O3+. The quantitative estimate of drug-likeness (QED) is 0.344. The van der Waals surface area contributed by atoms with Gasteiger partial charge in [-0.15, -0.1) is 0 Å². The Labute approximate surface area is 209 Å². The van der Waals surface area contributed by atoms with E-state index in [2.05, 4.69) is 43.0 Å². The summed E-state index contributed by atoms with van der Waals surface area (Å²) in [6.45, 7) is 0.793. The lowest BCUT2D eigenvalue weighted by molar-refractivity contribution is -0.605. The molecule has 1 heterocycles. The monoisotopic (exact) mass is 486 g/mol. The Morgan fingerprint density at radius 2 is 1.61 bits per heavy atom. The number of nitrogens with zero attached hydrogens (tertiary/aromatic N) is 3. The molecule has 0 amide bonds. The number of hydrogen-bond donors (Lipinski definition) is 4. The second kappa shape index (κ2) is 11.6. The van der Waals surface area contributed by atoms with E-state index in [0.29, 0.717) is 40.5 Å². The van der Waals surface area contributed by atoms with Crippen LogP contribution in [0.1, 0.15) is 5.56 Å². The van der Waals surface area contributed by atoms with Crippen LogP contribution >= 0.6 is 0 Å². The fourth-order valence-corrected chi connectivity index (χ4v) is 3.54. The molecular weight excluding hydrogens is 458 g/mol. The largest absolute Gasteiger partial charge is 0.493 e. The second-order valence-electron chi connectivity index (χ2n) is 7.69. The lowest BCUT2D eigenvalue weighted by atomic mass is 10.0. The highest BCUT2D eigenvalue weighted by Gasteiger charge is 2.15. The molecule has 5 N–H and O–H groups in total. The third kappa shape index (κ3) is 6.05. The van der Waals surface area contributed by atoms with Crippen LogP contribution < -0.4 is 30.2 Å². The average Bonchev–Trinajstić information content (AvgIpc) is 2.90. The number of quaternary nitrogens is 1. The molecule has 0 fully saturated rings. The molecule has 10 heteroatoms. The highest BCUT2D eigenvalue weighted by molar-refractivity contribution is 6.09. The zero-order valence-electron chi connectivity index (χ0n) is 20.3. The molecule has 0 unspecified atom stereocenters. The fraction of sp³-hybridized carbons (Fsp3) is 0.154. The Bertz CT molecular complexity index is 1300. The fourth-order valence-electron chi connectivity index (χ4n) is 3.54. The van der Waals surface area contributed by atoms with Gasteiger partial charge in [0, 0.05) is 29.1 Å². The van der Waals surface area contributed by atoms with Crippen LogP contribution in [-0.2, 0) is 6.54 Å². The van der Waals surface area contributed by atoms with Gasteiger partial charge in [0.2, 0.25) is 17.6 Å². The van der Waals surface area contributed by atoms with E-state index in [1.807, 2.05) is 36.6 Å². The number of ether oxygens (including phenoxy) is 3. The highest BCUT2D eigenvalue weighted by Crippen LogP contribution is 2.40. The average molecular weight is 487 g/mol. The molecule has 3 aromatic rings. The summed E-state index contributed by atoms with van der Waals surface area (Å²) >= 11 is 0. The molecule has 4 rings (SSSR count). The van der Waals surface area contributed by atoms with Gasteiger partial charge in [-0.3, -0.25) is 0 Å². The number of allylic oxidation sites excluding steroid dienone is 4. The number of nitrogens with two attached hydrogens (primary N) is 1. The minimum atomic E-state index is 0.335. The third-order valence-electron chi connectivity index (χ3n) is 5.29. The Morgan fingerprint density at radius 1 is 0.917 bits per heavy atom. The molecule has 36 heavy (non-hydrogen) atoms. The van der Waals surface area contributed by atoms with Crippen molar-refractivity contribution >= 4 is 23.3 Å². The summed E-state index contributed by atoms with van der Waals surface area (Å²) in [5.74, 6) is 2.21. The molecule has 0 radical (unpaired) electrons. The summed E-state index contributed by atoms with van der Waals surface area (Å²) in [5, 5.41) is 16.6. The van der Waals surface area contributed by atoms with E-state index >= 15 is 0 Å². The molecule has 0 aliphatic heterocycles. The standard InChI is InChI=1S/C26H27N7O3/c1-34-22-12-20(13-23(35-2)24(22)36-3)32-26-30-16-29-25(33-26)31-19-9-10-21(27)18(11-19)15-28-14-17-7-5-4-6-8-17/h4-13,15-16,27-28H,14H2,1-3H3,(H2,29,30,31,32,33)/p+1/b18-15-,27-21?. The van der Waals surface area contributed by atoms with E-state index in [-0.39, 0.29) is 0 Å². The smallest absolute Gasteiger partial charge is 0.232 e. The lowest BCUT2D eigenvalue weighted by Crippen LogP contribution is -2.76. The predicted octanol–water partition coefficient (Wildman–Crippen LogP) is 3.17. The number of methoxy groups -OCH3 is 3. The number of benzene rings is 2. The van der Waals surface area contributed by atoms with Gasteiger partial charge in [-0.1, -0.05) is 30.3 Å². The first-order valence-electron chi connectivity index (χ1n) is 11.2. The Hall–Kier alpha value is -4.70. The first kappa shape index (κ1) is 24.4. The lowest BCUT2D eigenvalue weighted by Gasteiger charge is -2.15. The topological polar surface area (TPSA) is 131 Å². The summed E-state index contributed by atoms with van der Waals surface area (Å²) in [7, 11) is 4.66. The molecule has 1 aromatic heterocycles. The second-order valence-corrected chi connectivity index (χ2v) is 7.69. The van der Waals surface area contributed by atoms with E-state index in [9.17, 15) is 0 Å². The molecule has 0 saturated heterocycles. The Morgan fingerprint density at radius 3 is 2.28 bits per heavy atom. The van der Waals surface area contributed by atoms with Crippen molar-refractivity contribution in [1.82, 2.24) is 15.0 Å². The number of aromatic nitrogens is 3. The minimum absolute atomic E-state index is 0.335. The molecule has 1 aliphatic carbocycles. The van der Waals surface area contributed by atoms with E-state index < -0.39 is 0 Å².